The van der Waals surface area contributed by atoms with E-state index in [-0.39, 0.29) is 0 Å². The molecule has 1 aliphatic heterocycles. The van der Waals surface area contributed by atoms with E-state index in [1.54, 1.807) is 12.3 Å². The van der Waals surface area contributed by atoms with Crippen LogP contribution in [0.3, 0.4) is 0 Å². The number of hydrogen-bond acceptors (Lipinski definition) is 6. The van der Waals surface area contributed by atoms with Crippen LogP contribution in [-0.4, -0.2) is 68.9 Å². The maximum absolute atomic E-state index is 10.8. The summed E-state index contributed by atoms with van der Waals surface area (Å²) in [6, 6.07) is 1.72. The standard InChI is InChI=1S/C20H33N4O3P/c1-5-6-7-8-15-23-16-13(21)9-11-22-19(16)24(15)20-18(26)17(25)14(27-20)10-12-28(2,3)4/h9,11,14,17-18,20,25-26H,2,5-8,10,12H2,1,3-4H3,(H2,21,22)/t14-,17-,18-,20-/m1/s1. The van der Waals surface area contributed by atoms with Gasteiger partial charge in [0.1, 0.15) is 23.5 Å². The van der Waals surface area contributed by atoms with Crippen LogP contribution in [0.25, 0.3) is 11.2 Å². The number of ether oxygens (including phenoxy) is 1. The fourth-order valence-electron chi connectivity index (χ4n) is 3.69. The molecule has 0 bridgehead atoms. The van der Waals surface area contributed by atoms with E-state index in [1.807, 2.05) is 4.57 Å². The molecule has 0 spiro atoms. The normalized spacial score (nSPS) is 25.6. The van der Waals surface area contributed by atoms with Crippen molar-refractivity contribution in [3.05, 3.63) is 18.1 Å². The van der Waals surface area contributed by atoms with Crippen molar-refractivity contribution in [2.45, 2.75) is 63.6 Å². The van der Waals surface area contributed by atoms with Gasteiger partial charge in [-0.1, -0.05) is 19.8 Å². The first kappa shape index (κ1) is 21.3. The first-order chi connectivity index (χ1) is 13.2. The zero-order valence-electron chi connectivity index (χ0n) is 17.1. The van der Waals surface area contributed by atoms with Gasteiger partial charge in [0.05, 0.1) is 11.8 Å². The van der Waals surface area contributed by atoms with Crippen LogP contribution >= 0.6 is 6.89 Å². The molecule has 3 heterocycles. The molecule has 1 fully saturated rings. The van der Waals surface area contributed by atoms with E-state index in [1.165, 1.54) is 0 Å². The Hall–Kier alpha value is -1.40. The molecule has 8 heteroatoms. The Kier molecular flexibility index (Phi) is 6.50. The highest BCUT2D eigenvalue weighted by Gasteiger charge is 2.44. The average molecular weight is 408 g/mol. The highest BCUT2D eigenvalue weighted by molar-refractivity contribution is 7.72. The number of aromatic nitrogens is 3. The molecular formula is C20H33N4O3P. The maximum atomic E-state index is 10.8. The van der Waals surface area contributed by atoms with E-state index in [9.17, 15) is 10.2 Å². The van der Waals surface area contributed by atoms with Gasteiger partial charge < -0.3 is 20.7 Å². The summed E-state index contributed by atoms with van der Waals surface area (Å²) in [5.41, 5.74) is 7.86. The highest BCUT2D eigenvalue weighted by Crippen LogP contribution is 2.40. The first-order valence-corrected chi connectivity index (χ1v) is 13.1. The summed E-state index contributed by atoms with van der Waals surface area (Å²) in [5.74, 6) is 0.788. The molecule has 0 unspecified atom stereocenters. The number of aliphatic hydroxyl groups is 2. The van der Waals surface area contributed by atoms with Crippen molar-refractivity contribution in [2.75, 3.05) is 25.2 Å². The SMILES string of the molecule is C=P(C)(C)CC[C@H]1O[C@@H](n2c(CCCCC)nc3c(N)ccnc32)[C@H](O)[C@@H]1O. The molecule has 7 nitrogen and oxygen atoms in total. The molecule has 0 amide bonds. The van der Waals surface area contributed by atoms with Crippen LogP contribution in [0.4, 0.5) is 5.69 Å². The number of rotatable bonds is 8. The number of nitrogens with two attached hydrogens (primary N) is 1. The van der Waals surface area contributed by atoms with Gasteiger partial charge >= 0.3 is 0 Å². The van der Waals surface area contributed by atoms with Gasteiger partial charge in [-0.05, 0) is 38.4 Å². The third-order valence-electron chi connectivity index (χ3n) is 5.30. The number of pyridine rings is 1. The quantitative estimate of drug-likeness (QED) is 0.458. The van der Waals surface area contributed by atoms with Crippen molar-refractivity contribution in [2.24, 2.45) is 0 Å². The third-order valence-corrected chi connectivity index (χ3v) is 6.77. The van der Waals surface area contributed by atoms with Crippen LogP contribution in [0.2, 0.25) is 0 Å². The topological polar surface area (TPSA) is 106 Å². The van der Waals surface area contributed by atoms with Crippen molar-refractivity contribution < 1.29 is 14.9 Å². The molecule has 4 N–H and O–H groups in total. The summed E-state index contributed by atoms with van der Waals surface area (Å²) >= 11 is 0. The Morgan fingerprint density at radius 2 is 2.04 bits per heavy atom. The molecule has 1 aliphatic rings. The Labute approximate surface area is 166 Å². The van der Waals surface area contributed by atoms with Crippen LogP contribution in [0.15, 0.2) is 12.3 Å². The summed E-state index contributed by atoms with van der Waals surface area (Å²) in [6.07, 6.45) is 8.22. The Bertz CT molecular complexity index is 862. The van der Waals surface area contributed by atoms with Crippen molar-refractivity contribution in [3.63, 3.8) is 0 Å². The van der Waals surface area contributed by atoms with Crippen LogP contribution in [0, 0.1) is 0 Å². The second kappa shape index (κ2) is 8.54. The van der Waals surface area contributed by atoms with E-state index >= 15 is 0 Å². The van der Waals surface area contributed by atoms with Crippen LogP contribution in [0.5, 0.6) is 0 Å². The van der Waals surface area contributed by atoms with Crippen molar-refractivity contribution >= 4 is 30.0 Å². The maximum Gasteiger partial charge on any atom is 0.165 e. The summed E-state index contributed by atoms with van der Waals surface area (Å²) in [5, 5.41) is 21.4. The second-order valence-electron chi connectivity index (χ2n) is 8.42. The lowest BCUT2D eigenvalue weighted by molar-refractivity contribution is -0.0368. The van der Waals surface area contributed by atoms with Crippen LogP contribution < -0.4 is 5.73 Å². The predicted molar refractivity (Wildman–Crippen MR) is 116 cm³/mol. The average Bonchev–Trinajstić information content (AvgIpc) is 3.12. The lowest BCUT2D eigenvalue weighted by Crippen LogP contribution is -2.32. The molecule has 0 aromatic carbocycles. The molecule has 28 heavy (non-hydrogen) atoms. The van der Waals surface area contributed by atoms with Gasteiger partial charge in [0.2, 0.25) is 0 Å². The number of imidazole rings is 1. The number of fused-ring (bicyclic) bond motifs is 1. The largest absolute Gasteiger partial charge is 0.397 e. The molecule has 0 aliphatic carbocycles. The van der Waals surface area contributed by atoms with Crippen molar-refractivity contribution in [1.29, 1.82) is 0 Å². The zero-order valence-corrected chi connectivity index (χ0v) is 18.0. The number of nitrogen functional groups attached to an aromatic ring is 1. The zero-order chi connectivity index (χ0) is 20.5. The van der Waals surface area contributed by atoms with Crippen LogP contribution in [-0.2, 0) is 11.2 Å². The van der Waals surface area contributed by atoms with Gasteiger partial charge in [0.15, 0.2) is 11.9 Å². The van der Waals surface area contributed by atoms with Crippen LogP contribution in [0.1, 0.15) is 44.7 Å². The van der Waals surface area contributed by atoms with Gasteiger partial charge in [-0.2, -0.15) is 0 Å². The van der Waals surface area contributed by atoms with E-state index in [4.69, 9.17) is 15.5 Å². The molecular weight excluding hydrogens is 375 g/mol. The number of nitrogens with zero attached hydrogens (tertiary/aromatic N) is 3. The van der Waals surface area contributed by atoms with Gasteiger partial charge in [-0.3, -0.25) is 4.57 Å². The predicted octanol–water partition coefficient (Wildman–Crippen LogP) is 2.46. The molecule has 2 aromatic rings. The number of hydrogen-bond donors (Lipinski definition) is 3. The number of anilines is 1. The second-order valence-corrected chi connectivity index (χ2v) is 12.7. The van der Waals surface area contributed by atoms with Gasteiger partial charge in [-0.15, -0.1) is 13.2 Å². The summed E-state index contributed by atoms with van der Waals surface area (Å²) < 4.78 is 7.99. The molecule has 156 valence electrons. The number of aryl methyl sites for hydroxylation is 1. The summed E-state index contributed by atoms with van der Waals surface area (Å²) in [7, 11) is 0. The van der Waals surface area contributed by atoms with Gasteiger partial charge in [0.25, 0.3) is 0 Å². The Morgan fingerprint density at radius 3 is 2.71 bits per heavy atom. The van der Waals surface area contributed by atoms with E-state index in [2.05, 4.69) is 31.5 Å². The lowest BCUT2D eigenvalue weighted by atomic mass is 10.1. The molecule has 0 saturated carbocycles. The monoisotopic (exact) mass is 408 g/mol. The van der Waals surface area contributed by atoms with Crippen molar-refractivity contribution in [1.82, 2.24) is 14.5 Å². The minimum atomic E-state index is -1.24. The highest BCUT2D eigenvalue weighted by atomic mass is 31.2. The smallest absolute Gasteiger partial charge is 0.165 e. The lowest BCUT2D eigenvalue weighted by Gasteiger charge is -2.20. The fraction of sp³-hybridized carbons (Fsp3) is 0.650. The minimum Gasteiger partial charge on any atom is -0.397 e. The first-order valence-electron chi connectivity index (χ1n) is 10.0. The summed E-state index contributed by atoms with van der Waals surface area (Å²) in [4.78, 5) is 9.15. The third kappa shape index (κ3) is 4.43. The molecule has 2 aromatic heterocycles. The van der Waals surface area contributed by atoms with Gasteiger partial charge in [-0.25, -0.2) is 9.97 Å². The molecule has 4 atom stereocenters. The fourth-order valence-corrected chi connectivity index (χ4v) is 4.64. The van der Waals surface area contributed by atoms with E-state index < -0.39 is 31.4 Å². The van der Waals surface area contributed by atoms with E-state index in [0.717, 1.165) is 37.7 Å². The molecule has 3 rings (SSSR count). The van der Waals surface area contributed by atoms with Crippen molar-refractivity contribution in [3.8, 4) is 0 Å². The Balaban J connectivity index is 1.93. The number of aliphatic hydroxyl groups excluding tert-OH is 2. The number of unbranched alkanes of at least 4 members (excludes halogenated alkanes) is 2. The molecule has 0 radical (unpaired) electrons. The minimum absolute atomic E-state index is 0.428. The van der Waals surface area contributed by atoms with Gasteiger partial charge in [0, 0.05) is 12.6 Å². The molecule has 1 saturated heterocycles. The Morgan fingerprint density at radius 1 is 1.29 bits per heavy atom. The summed E-state index contributed by atoms with van der Waals surface area (Å²) in [6.45, 7) is 5.23. The van der Waals surface area contributed by atoms with E-state index in [0.29, 0.717) is 23.3 Å².